The van der Waals surface area contributed by atoms with Gasteiger partial charge in [0.1, 0.15) is 5.25 Å². The van der Waals surface area contributed by atoms with Crippen LogP contribution in [0.5, 0.6) is 0 Å². The van der Waals surface area contributed by atoms with Gasteiger partial charge < -0.3 is 11.1 Å². The Balaban J connectivity index is 2.59. The molecule has 0 bridgehead atoms. The molecule has 20 heavy (non-hydrogen) atoms. The van der Waals surface area contributed by atoms with E-state index in [0.717, 1.165) is 24.8 Å². The van der Waals surface area contributed by atoms with E-state index in [-0.39, 0.29) is 5.91 Å². The summed E-state index contributed by atoms with van der Waals surface area (Å²) in [6, 6.07) is 7.41. The smallest absolute Gasteiger partial charge is 0.239 e. The summed E-state index contributed by atoms with van der Waals surface area (Å²) in [5.41, 5.74) is 7.22. The number of hydrogen-bond donors (Lipinski definition) is 2. The van der Waals surface area contributed by atoms with Crippen LogP contribution >= 0.6 is 0 Å². The van der Waals surface area contributed by atoms with Crippen LogP contribution in [0.4, 0.5) is 5.69 Å². The average molecular weight is 296 g/mol. The number of unbranched alkanes of at least 4 members (excludes halogenated alkanes) is 2. The van der Waals surface area contributed by atoms with E-state index in [1.165, 1.54) is 0 Å². The number of carbonyl (C=O) groups excluding carboxylic acids is 1. The van der Waals surface area contributed by atoms with Crippen LogP contribution in [0.2, 0.25) is 0 Å². The van der Waals surface area contributed by atoms with Crippen LogP contribution in [0.25, 0.3) is 0 Å². The zero-order chi connectivity index (χ0) is 15.0. The Kier molecular flexibility index (Phi) is 7.47. The monoisotopic (exact) mass is 296 g/mol. The molecular formula is C15H24N2O2S. The van der Waals surface area contributed by atoms with Crippen molar-refractivity contribution in [3.8, 4) is 0 Å². The first-order valence-corrected chi connectivity index (χ1v) is 8.44. The van der Waals surface area contributed by atoms with Crippen molar-refractivity contribution < 1.29 is 9.00 Å². The zero-order valence-corrected chi connectivity index (χ0v) is 13.0. The molecule has 1 rings (SSSR count). The van der Waals surface area contributed by atoms with Gasteiger partial charge in [-0.15, -0.1) is 0 Å². The van der Waals surface area contributed by atoms with E-state index in [2.05, 4.69) is 12.2 Å². The van der Waals surface area contributed by atoms with Gasteiger partial charge in [0.2, 0.25) is 5.91 Å². The van der Waals surface area contributed by atoms with Gasteiger partial charge in [-0.3, -0.25) is 9.00 Å². The molecule has 0 aromatic heterocycles. The van der Waals surface area contributed by atoms with E-state index in [1.807, 2.05) is 24.3 Å². The van der Waals surface area contributed by atoms with Gasteiger partial charge in [-0.2, -0.15) is 0 Å². The maximum Gasteiger partial charge on any atom is 0.239 e. The molecule has 0 spiro atoms. The molecule has 2 atom stereocenters. The van der Waals surface area contributed by atoms with E-state index in [4.69, 9.17) is 5.73 Å². The van der Waals surface area contributed by atoms with Crippen molar-refractivity contribution in [2.75, 3.05) is 11.1 Å². The molecule has 5 heteroatoms. The Morgan fingerprint density at radius 1 is 1.35 bits per heavy atom. The first kappa shape index (κ1) is 16.9. The standard InChI is InChI=1S/C15H24N2O2S/c1-3-4-7-10-20(19)12(2)15(18)17-14-9-6-5-8-13(14)11-16/h5-6,8-9,12H,3-4,7,10-11,16H2,1-2H3,(H,17,18). The van der Waals surface area contributed by atoms with Gasteiger partial charge in [0.25, 0.3) is 0 Å². The van der Waals surface area contributed by atoms with E-state index in [1.54, 1.807) is 6.92 Å². The Morgan fingerprint density at radius 2 is 2.05 bits per heavy atom. The van der Waals surface area contributed by atoms with Gasteiger partial charge in [-0.25, -0.2) is 0 Å². The Labute approximate surface area is 123 Å². The predicted octanol–water partition coefficient (Wildman–Crippen LogP) is 2.41. The molecule has 1 aromatic carbocycles. The van der Waals surface area contributed by atoms with Crippen LogP contribution in [-0.4, -0.2) is 21.1 Å². The number of carbonyl (C=O) groups is 1. The summed E-state index contributed by atoms with van der Waals surface area (Å²) in [5.74, 6) is 0.377. The second-order valence-corrected chi connectivity index (χ2v) is 6.66. The summed E-state index contributed by atoms with van der Waals surface area (Å²) in [4.78, 5) is 12.1. The lowest BCUT2D eigenvalue weighted by atomic mass is 10.2. The highest BCUT2D eigenvalue weighted by molar-refractivity contribution is 7.86. The van der Waals surface area contributed by atoms with Gasteiger partial charge in [0.15, 0.2) is 0 Å². The quantitative estimate of drug-likeness (QED) is 0.724. The van der Waals surface area contributed by atoms with Gasteiger partial charge in [-0.05, 0) is 25.0 Å². The van der Waals surface area contributed by atoms with Gasteiger partial charge in [0, 0.05) is 28.8 Å². The highest BCUT2D eigenvalue weighted by atomic mass is 32.2. The van der Waals surface area contributed by atoms with Crippen molar-refractivity contribution in [1.82, 2.24) is 0 Å². The minimum Gasteiger partial charge on any atom is -0.326 e. The molecular weight excluding hydrogens is 272 g/mol. The minimum absolute atomic E-state index is 0.208. The SMILES string of the molecule is CCCCCS(=O)C(C)C(=O)Nc1ccccc1CN. The Bertz CT molecular complexity index is 463. The maximum atomic E-state index is 12.1. The largest absolute Gasteiger partial charge is 0.326 e. The molecule has 0 aliphatic heterocycles. The summed E-state index contributed by atoms with van der Waals surface area (Å²) >= 11 is 0. The lowest BCUT2D eigenvalue weighted by Gasteiger charge is -2.14. The van der Waals surface area contributed by atoms with Gasteiger partial charge >= 0.3 is 0 Å². The Hall–Kier alpha value is -1.20. The van der Waals surface area contributed by atoms with Crippen molar-refractivity contribution in [1.29, 1.82) is 0 Å². The molecule has 3 N–H and O–H groups in total. The van der Waals surface area contributed by atoms with Crippen molar-refractivity contribution in [3.05, 3.63) is 29.8 Å². The van der Waals surface area contributed by atoms with E-state index < -0.39 is 16.0 Å². The summed E-state index contributed by atoms with van der Waals surface area (Å²) < 4.78 is 12.0. The third kappa shape index (κ3) is 5.06. The number of benzene rings is 1. The van der Waals surface area contributed by atoms with Crippen LogP contribution in [0, 0.1) is 0 Å². The van der Waals surface area contributed by atoms with Crippen LogP contribution in [0.3, 0.4) is 0 Å². The summed E-state index contributed by atoms with van der Waals surface area (Å²) in [5, 5.41) is 2.32. The highest BCUT2D eigenvalue weighted by Gasteiger charge is 2.20. The van der Waals surface area contributed by atoms with Crippen LogP contribution in [0.1, 0.15) is 38.7 Å². The molecule has 0 radical (unpaired) electrons. The lowest BCUT2D eigenvalue weighted by Crippen LogP contribution is -2.30. The summed E-state index contributed by atoms with van der Waals surface area (Å²) in [6.45, 7) is 4.18. The normalized spacial score (nSPS) is 13.8. The first-order chi connectivity index (χ1) is 9.60. The van der Waals surface area contributed by atoms with E-state index in [0.29, 0.717) is 18.0 Å². The molecule has 1 amide bonds. The fraction of sp³-hybridized carbons (Fsp3) is 0.533. The molecule has 2 unspecified atom stereocenters. The number of nitrogens with two attached hydrogens (primary N) is 1. The topological polar surface area (TPSA) is 72.2 Å². The number of para-hydroxylation sites is 1. The second-order valence-electron chi connectivity index (χ2n) is 4.78. The van der Waals surface area contributed by atoms with E-state index >= 15 is 0 Å². The van der Waals surface area contributed by atoms with E-state index in [9.17, 15) is 9.00 Å². The van der Waals surface area contributed by atoms with Crippen LogP contribution < -0.4 is 11.1 Å². The fourth-order valence-electron chi connectivity index (χ4n) is 1.85. The number of hydrogen-bond acceptors (Lipinski definition) is 3. The van der Waals surface area contributed by atoms with Gasteiger partial charge in [-0.1, -0.05) is 38.0 Å². The minimum atomic E-state index is -1.12. The summed E-state index contributed by atoms with van der Waals surface area (Å²) in [7, 11) is -1.12. The maximum absolute atomic E-state index is 12.1. The Morgan fingerprint density at radius 3 is 2.70 bits per heavy atom. The molecule has 0 aliphatic carbocycles. The molecule has 0 aliphatic rings. The third-order valence-corrected chi connectivity index (χ3v) is 4.90. The first-order valence-electron chi connectivity index (χ1n) is 7.06. The van der Waals surface area contributed by atoms with Crippen molar-refractivity contribution in [2.24, 2.45) is 5.73 Å². The van der Waals surface area contributed by atoms with Crippen molar-refractivity contribution >= 4 is 22.4 Å². The lowest BCUT2D eigenvalue weighted by molar-refractivity contribution is -0.115. The summed E-state index contributed by atoms with van der Waals surface area (Å²) in [6.07, 6.45) is 3.04. The molecule has 112 valence electrons. The molecule has 0 fully saturated rings. The average Bonchev–Trinajstić information content (AvgIpc) is 2.47. The molecule has 4 nitrogen and oxygen atoms in total. The number of amides is 1. The number of rotatable bonds is 8. The van der Waals surface area contributed by atoms with Crippen LogP contribution in [-0.2, 0) is 22.1 Å². The van der Waals surface area contributed by atoms with Crippen molar-refractivity contribution in [3.63, 3.8) is 0 Å². The molecule has 0 heterocycles. The second kappa shape index (κ2) is 8.87. The number of nitrogens with one attached hydrogen (secondary N) is 1. The van der Waals surface area contributed by atoms with Crippen molar-refractivity contribution in [2.45, 2.75) is 44.9 Å². The van der Waals surface area contributed by atoms with Crippen LogP contribution in [0.15, 0.2) is 24.3 Å². The predicted molar refractivity (Wildman–Crippen MR) is 85.0 cm³/mol. The molecule has 0 saturated heterocycles. The third-order valence-electron chi connectivity index (χ3n) is 3.21. The molecule has 1 aromatic rings. The fourth-order valence-corrected chi connectivity index (χ4v) is 2.98. The number of anilines is 1. The highest BCUT2D eigenvalue weighted by Crippen LogP contribution is 2.15. The molecule has 0 saturated carbocycles. The zero-order valence-electron chi connectivity index (χ0n) is 12.2. The van der Waals surface area contributed by atoms with Gasteiger partial charge in [0.05, 0.1) is 0 Å².